The topological polar surface area (TPSA) is 94.8 Å². The molecule has 5 rings (SSSR count). The molecule has 1 amide bonds. The predicted molar refractivity (Wildman–Crippen MR) is 143 cm³/mol. The third kappa shape index (κ3) is 5.17. The van der Waals surface area contributed by atoms with E-state index in [0.29, 0.717) is 22.6 Å². The van der Waals surface area contributed by atoms with Gasteiger partial charge in [-0.3, -0.25) is 9.59 Å². The smallest absolute Gasteiger partial charge is 0.325 e. The van der Waals surface area contributed by atoms with Gasteiger partial charge in [-0.25, -0.2) is 9.50 Å². The number of esters is 1. The molecule has 2 heterocycles. The second kappa shape index (κ2) is 10.8. The number of fused-ring (bicyclic) bond motifs is 3. The fourth-order valence-electron chi connectivity index (χ4n) is 4.00. The molecule has 0 spiro atoms. The first-order valence-corrected chi connectivity index (χ1v) is 12.5. The monoisotopic (exact) mass is 558 g/mol. The SMILES string of the molecule is CCOC(=O)CNC(=O)c1c(OCc2ccccc2)c2ccc(Br)cc2c2nc(-c3ccccc3)nn12. The van der Waals surface area contributed by atoms with Crippen molar-refractivity contribution in [1.82, 2.24) is 19.9 Å². The third-order valence-corrected chi connectivity index (χ3v) is 6.17. The van der Waals surface area contributed by atoms with Gasteiger partial charge >= 0.3 is 5.97 Å². The zero-order valence-corrected chi connectivity index (χ0v) is 21.6. The Labute approximate surface area is 221 Å². The van der Waals surface area contributed by atoms with Gasteiger partial charge in [0.05, 0.1) is 6.61 Å². The average molecular weight is 559 g/mol. The normalized spacial score (nSPS) is 11.0. The van der Waals surface area contributed by atoms with Crippen LogP contribution in [0.4, 0.5) is 0 Å². The Morgan fingerprint density at radius 3 is 2.43 bits per heavy atom. The van der Waals surface area contributed by atoms with Crippen LogP contribution in [0, 0.1) is 0 Å². The Morgan fingerprint density at radius 2 is 1.70 bits per heavy atom. The fraction of sp³-hybridized carbons (Fsp3) is 0.143. The maximum Gasteiger partial charge on any atom is 0.325 e. The van der Waals surface area contributed by atoms with Gasteiger partial charge in [0.2, 0.25) is 0 Å². The van der Waals surface area contributed by atoms with Gasteiger partial charge in [-0.2, -0.15) is 0 Å². The standard InChI is InChI=1S/C28H23BrN4O4/c1-2-36-23(34)16-30-28(35)24-25(37-17-18-9-5-3-6-10-18)21-14-13-20(29)15-22(21)27-31-26(32-33(24)27)19-11-7-4-8-12-19/h3-15H,2,16-17H2,1H3,(H,30,35). The molecule has 186 valence electrons. The molecule has 0 radical (unpaired) electrons. The third-order valence-electron chi connectivity index (χ3n) is 5.67. The van der Waals surface area contributed by atoms with E-state index in [1.807, 2.05) is 78.9 Å². The summed E-state index contributed by atoms with van der Waals surface area (Å²) in [6, 6.07) is 24.9. The first-order valence-electron chi connectivity index (χ1n) is 11.7. The largest absolute Gasteiger partial charge is 0.486 e. The molecule has 5 aromatic rings. The molecule has 0 atom stereocenters. The number of hydrogen-bond donors (Lipinski definition) is 1. The van der Waals surface area contributed by atoms with Crippen molar-refractivity contribution in [3.63, 3.8) is 0 Å². The zero-order valence-electron chi connectivity index (χ0n) is 20.0. The molecule has 0 aliphatic rings. The van der Waals surface area contributed by atoms with Gasteiger partial charge < -0.3 is 14.8 Å². The summed E-state index contributed by atoms with van der Waals surface area (Å²) in [6.07, 6.45) is 0. The molecule has 0 aliphatic heterocycles. The van der Waals surface area contributed by atoms with E-state index in [1.54, 1.807) is 6.92 Å². The summed E-state index contributed by atoms with van der Waals surface area (Å²) in [5, 5.41) is 8.80. The van der Waals surface area contributed by atoms with Crippen molar-refractivity contribution >= 4 is 44.2 Å². The van der Waals surface area contributed by atoms with Gasteiger partial charge in [0.25, 0.3) is 5.91 Å². The Morgan fingerprint density at radius 1 is 0.973 bits per heavy atom. The molecule has 1 N–H and O–H groups in total. The number of ether oxygens (including phenoxy) is 2. The van der Waals surface area contributed by atoms with Crippen molar-refractivity contribution < 1.29 is 19.1 Å². The lowest BCUT2D eigenvalue weighted by atomic mass is 10.1. The molecule has 0 aliphatic carbocycles. The molecule has 0 bridgehead atoms. The van der Waals surface area contributed by atoms with Gasteiger partial charge in [0.1, 0.15) is 13.2 Å². The van der Waals surface area contributed by atoms with Gasteiger partial charge in [0.15, 0.2) is 22.9 Å². The van der Waals surface area contributed by atoms with Gasteiger partial charge in [-0.15, -0.1) is 5.10 Å². The molecule has 9 heteroatoms. The van der Waals surface area contributed by atoms with Crippen LogP contribution in [0.25, 0.3) is 27.8 Å². The van der Waals surface area contributed by atoms with Crippen LogP contribution < -0.4 is 10.1 Å². The summed E-state index contributed by atoms with van der Waals surface area (Å²) in [7, 11) is 0. The number of aromatic nitrogens is 3. The number of rotatable bonds is 8. The quantitative estimate of drug-likeness (QED) is 0.263. The lowest BCUT2D eigenvalue weighted by Gasteiger charge is -2.16. The second-order valence-corrected chi connectivity index (χ2v) is 9.08. The summed E-state index contributed by atoms with van der Waals surface area (Å²) in [5.41, 5.74) is 2.37. The highest BCUT2D eigenvalue weighted by Gasteiger charge is 2.25. The van der Waals surface area contributed by atoms with Crippen molar-refractivity contribution in [2.75, 3.05) is 13.2 Å². The molecule has 0 saturated heterocycles. The molecule has 0 unspecified atom stereocenters. The van der Waals surface area contributed by atoms with E-state index in [4.69, 9.17) is 19.6 Å². The molecule has 2 aromatic heterocycles. The van der Waals surface area contributed by atoms with Crippen LogP contribution in [-0.4, -0.2) is 39.6 Å². The van der Waals surface area contributed by atoms with Crippen LogP contribution >= 0.6 is 15.9 Å². The maximum absolute atomic E-state index is 13.6. The van der Waals surface area contributed by atoms with E-state index < -0.39 is 11.9 Å². The highest BCUT2D eigenvalue weighted by molar-refractivity contribution is 9.10. The number of amides is 1. The summed E-state index contributed by atoms with van der Waals surface area (Å²) >= 11 is 3.54. The van der Waals surface area contributed by atoms with Crippen molar-refractivity contribution in [2.45, 2.75) is 13.5 Å². The number of nitrogens with zero attached hydrogens (tertiary/aromatic N) is 3. The maximum atomic E-state index is 13.6. The van der Waals surface area contributed by atoms with Crippen LogP contribution in [0.1, 0.15) is 23.0 Å². The fourth-order valence-corrected chi connectivity index (χ4v) is 4.36. The summed E-state index contributed by atoms with van der Waals surface area (Å²) in [6.45, 7) is 1.88. The van der Waals surface area contributed by atoms with Crippen LogP contribution in [0.15, 0.2) is 83.3 Å². The molecule has 3 aromatic carbocycles. The Balaban J connectivity index is 1.70. The van der Waals surface area contributed by atoms with E-state index >= 15 is 0 Å². The van der Waals surface area contributed by atoms with Gasteiger partial charge in [0, 0.05) is 20.8 Å². The minimum Gasteiger partial charge on any atom is -0.486 e. The molecular weight excluding hydrogens is 536 g/mol. The van der Waals surface area contributed by atoms with Gasteiger partial charge in [-0.1, -0.05) is 76.6 Å². The zero-order chi connectivity index (χ0) is 25.8. The lowest BCUT2D eigenvalue weighted by molar-refractivity contribution is -0.141. The second-order valence-electron chi connectivity index (χ2n) is 8.17. The number of halogens is 1. The minimum atomic E-state index is -0.535. The molecule has 0 saturated carbocycles. The Hall–Kier alpha value is -4.24. The number of benzene rings is 3. The van der Waals surface area contributed by atoms with Crippen molar-refractivity contribution in [3.05, 3.63) is 94.6 Å². The Kier molecular flexibility index (Phi) is 7.14. The molecule has 8 nitrogen and oxygen atoms in total. The molecular formula is C28H23BrN4O4. The van der Waals surface area contributed by atoms with E-state index in [1.165, 1.54) is 4.52 Å². The molecule has 0 fully saturated rings. The average Bonchev–Trinajstić information content (AvgIpc) is 3.37. The van der Waals surface area contributed by atoms with E-state index in [2.05, 4.69) is 21.2 Å². The summed E-state index contributed by atoms with van der Waals surface area (Å²) in [5.74, 6) is -0.270. The van der Waals surface area contributed by atoms with E-state index in [9.17, 15) is 9.59 Å². The Bertz CT molecular complexity index is 1590. The minimum absolute atomic E-state index is 0.139. The van der Waals surface area contributed by atoms with Crippen molar-refractivity contribution in [3.8, 4) is 17.1 Å². The lowest BCUT2D eigenvalue weighted by Crippen LogP contribution is -2.32. The van der Waals surface area contributed by atoms with E-state index in [-0.39, 0.29) is 25.5 Å². The number of carbonyl (C=O) groups excluding carboxylic acids is 2. The molecule has 37 heavy (non-hydrogen) atoms. The van der Waals surface area contributed by atoms with Crippen molar-refractivity contribution in [1.29, 1.82) is 0 Å². The summed E-state index contributed by atoms with van der Waals surface area (Å²) in [4.78, 5) is 30.3. The van der Waals surface area contributed by atoms with Crippen LogP contribution in [-0.2, 0) is 16.1 Å². The highest BCUT2D eigenvalue weighted by atomic mass is 79.9. The van der Waals surface area contributed by atoms with Crippen LogP contribution in [0.5, 0.6) is 5.75 Å². The number of carbonyl (C=O) groups is 2. The predicted octanol–water partition coefficient (Wildman–Crippen LogP) is 5.18. The van der Waals surface area contributed by atoms with Crippen LogP contribution in [0.3, 0.4) is 0 Å². The first kappa shape index (κ1) is 24.5. The number of pyridine rings is 1. The van der Waals surface area contributed by atoms with Gasteiger partial charge in [-0.05, 0) is 30.7 Å². The van der Waals surface area contributed by atoms with Crippen LogP contribution in [0.2, 0.25) is 0 Å². The van der Waals surface area contributed by atoms with E-state index in [0.717, 1.165) is 21.0 Å². The number of nitrogens with one attached hydrogen (secondary N) is 1. The summed E-state index contributed by atoms with van der Waals surface area (Å²) < 4.78 is 13.6. The highest BCUT2D eigenvalue weighted by Crippen LogP contribution is 2.36. The first-order chi connectivity index (χ1) is 18.0. The van der Waals surface area contributed by atoms with Crippen molar-refractivity contribution in [2.24, 2.45) is 0 Å². The number of hydrogen-bond acceptors (Lipinski definition) is 6.